The lowest BCUT2D eigenvalue weighted by molar-refractivity contribution is 0.178. The van der Waals surface area contributed by atoms with Crippen molar-refractivity contribution in [2.75, 3.05) is 6.61 Å². The number of aliphatic hydroxyl groups excluding tert-OH is 1. The average molecular weight is 200 g/mol. The molecule has 0 aliphatic rings. The van der Waals surface area contributed by atoms with Crippen molar-refractivity contribution < 1.29 is 5.11 Å². The van der Waals surface area contributed by atoms with Crippen LogP contribution in [0.2, 0.25) is 0 Å². The van der Waals surface area contributed by atoms with E-state index < -0.39 is 0 Å². The molecule has 1 atom stereocenters. The third-order valence-corrected chi connectivity index (χ3v) is 3.03. The molecule has 86 valence electrons. The second-order valence-electron chi connectivity index (χ2n) is 5.22. The van der Waals surface area contributed by atoms with Gasteiger partial charge in [0, 0.05) is 6.61 Å². The predicted octanol–water partition coefficient (Wildman–Crippen LogP) is 3.86. The molecule has 0 aliphatic carbocycles. The molecule has 0 aromatic heterocycles. The molecular formula is C13H28O. The van der Waals surface area contributed by atoms with Crippen LogP contribution in [-0.2, 0) is 0 Å². The monoisotopic (exact) mass is 200 g/mol. The van der Waals surface area contributed by atoms with Gasteiger partial charge in [0.15, 0.2) is 0 Å². The van der Waals surface area contributed by atoms with Crippen molar-refractivity contribution in [1.29, 1.82) is 0 Å². The Balaban J connectivity index is 3.33. The van der Waals surface area contributed by atoms with Gasteiger partial charge in [-0.1, -0.05) is 53.4 Å². The van der Waals surface area contributed by atoms with Crippen molar-refractivity contribution >= 4 is 0 Å². The second-order valence-corrected chi connectivity index (χ2v) is 5.22. The molecule has 1 heteroatoms. The van der Waals surface area contributed by atoms with Gasteiger partial charge in [0.1, 0.15) is 0 Å². The Morgan fingerprint density at radius 2 is 1.43 bits per heavy atom. The minimum Gasteiger partial charge on any atom is -0.396 e. The summed E-state index contributed by atoms with van der Waals surface area (Å²) in [5.41, 5.74) is 0. The number of rotatable bonds is 8. The predicted molar refractivity (Wildman–Crippen MR) is 63.3 cm³/mol. The fourth-order valence-corrected chi connectivity index (χ4v) is 1.77. The Bertz CT molecular complexity index is 118. The van der Waals surface area contributed by atoms with Gasteiger partial charge in [-0.05, 0) is 24.2 Å². The average Bonchev–Trinajstić information content (AvgIpc) is 2.10. The van der Waals surface area contributed by atoms with Crippen LogP contribution in [0.15, 0.2) is 0 Å². The first-order chi connectivity index (χ1) is 6.57. The molecule has 0 bridgehead atoms. The Morgan fingerprint density at radius 1 is 0.857 bits per heavy atom. The zero-order valence-electron chi connectivity index (χ0n) is 10.4. The van der Waals surface area contributed by atoms with Gasteiger partial charge in [0.05, 0.1) is 0 Å². The molecule has 0 heterocycles. The Labute approximate surface area is 89.9 Å². The quantitative estimate of drug-likeness (QED) is 0.590. The summed E-state index contributed by atoms with van der Waals surface area (Å²) in [6.45, 7) is 9.33. The molecule has 0 aromatic rings. The fraction of sp³-hybridized carbons (Fsp3) is 1.00. The maximum atomic E-state index is 9.14. The molecule has 0 aliphatic heterocycles. The minimum absolute atomic E-state index is 0.363. The zero-order chi connectivity index (χ0) is 11.0. The topological polar surface area (TPSA) is 20.2 Å². The van der Waals surface area contributed by atoms with Crippen LogP contribution in [0.5, 0.6) is 0 Å². The summed E-state index contributed by atoms with van der Waals surface area (Å²) in [7, 11) is 0. The highest BCUT2D eigenvalue weighted by atomic mass is 16.3. The van der Waals surface area contributed by atoms with E-state index in [1.54, 1.807) is 0 Å². The van der Waals surface area contributed by atoms with Crippen LogP contribution < -0.4 is 0 Å². The maximum Gasteiger partial charge on any atom is 0.0461 e. The minimum atomic E-state index is 0.363. The van der Waals surface area contributed by atoms with E-state index in [2.05, 4.69) is 27.7 Å². The summed E-state index contributed by atoms with van der Waals surface area (Å²) in [5.74, 6) is 1.99. The molecule has 1 nitrogen and oxygen atoms in total. The lowest BCUT2D eigenvalue weighted by Crippen LogP contribution is -2.13. The number of unbranched alkanes of at least 4 members (excludes halogenated alkanes) is 2. The van der Waals surface area contributed by atoms with Gasteiger partial charge in [-0.3, -0.25) is 0 Å². The van der Waals surface area contributed by atoms with Gasteiger partial charge in [0.25, 0.3) is 0 Å². The molecule has 0 rings (SSSR count). The van der Waals surface area contributed by atoms with Crippen LogP contribution in [0, 0.1) is 17.8 Å². The van der Waals surface area contributed by atoms with Crippen molar-refractivity contribution in [3.63, 3.8) is 0 Å². The number of aliphatic hydroxyl groups is 1. The first-order valence-electron chi connectivity index (χ1n) is 6.18. The largest absolute Gasteiger partial charge is 0.396 e. The van der Waals surface area contributed by atoms with Crippen LogP contribution in [-0.4, -0.2) is 11.7 Å². The molecule has 0 radical (unpaired) electrons. The van der Waals surface area contributed by atoms with E-state index >= 15 is 0 Å². The van der Waals surface area contributed by atoms with E-state index in [-0.39, 0.29) is 0 Å². The van der Waals surface area contributed by atoms with Gasteiger partial charge in [-0.2, -0.15) is 0 Å². The van der Waals surface area contributed by atoms with Gasteiger partial charge < -0.3 is 5.11 Å². The van der Waals surface area contributed by atoms with Crippen molar-refractivity contribution in [2.24, 2.45) is 17.8 Å². The molecular weight excluding hydrogens is 172 g/mol. The van der Waals surface area contributed by atoms with Crippen molar-refractivity contribution in [3.8, 4) is 0 Å². The van der Waals surface area contributed by atoms with Gasteiger partial charge in [0.2, 0.25) is 0 Å². The van der Waals surface area contributed by atoms with Gasteiger partial charge in [-0.15, -0.1) is 0 Å². The Kier molecular flexibility index (Phi) is 8.26. The van der Waals surface area contributed by atoms with Crippen LogP contribution in [0.3, 0.4) is 0 Å². The van der Waals surface area contributed by atoms with Crippen LogP contribution in [0.25, 0.3) is 0 Å². The molecule has 0 saturated carbocycles. The van der Waals surface area contributed by atoms with Crippen LogP contribution in [0.1, 0.15) is 59.8 Å². The van der Waals surface area contributed by atoms with E-state index in [4.69, 9.17) is 5.11 Å². The van der Waals surface area contributed by atoms with E-state index in [1.807, 2.05) is 0 Å². The molecule has 0 aromatic carbocycles. The lowest BCUT2D eigenvalue weighted by Gasteiger charge is -2.17. The Hall–Kier alpha value is -0.0400. The summed E-state index contributed by atoms with van der Waals surface area (Å²) < 4.78 is 0. The van der Waals surface area contributed by atoms with Crippen LogP contribution in [0.4, 0.5) is 0 Å². The van der Waals surface area contributed by atoms with Crippen molar-refractivity contribution in [2.45, 2.75) is 59.8 Å². The number of hydrogen-bond donors (Lipinski definition) is 1. The van der Waals surface area contributed by atoms with Crippen molar-refractivity contribution in [3.05, 3.63) is 0 Å². The van der Waals surface area contributed by atoms with Gasteiger partial charge >= 0.3 is 0 Å². The first kappa shape index (κ1) is 14.0. The second kappa shape index (κ2) is 8.28. The SMILES string of the molecule is CC(C)CCCCC[C@H](CO)C(C)C. The first-order valence-corrected chi connectivity index (χ1v) is 6.18. The molecule has 14 heavy (non-hydrogen) atoms. The summed E-state index contributed by atoms with van der Waals surface area (Å²) >= 11 is 0. The number of hydrogen-bond acceptors (Lipinski definition) is 1. The molecule has 1 N–H and O–H groups in total. The molecule has 0 unspecified atom stereocenters. The van der Waals surface area contributed by atoms with E-state index in [0.29, 0.717) is 18.4 Å². The highest BCUT2D eigenvalue weighted by Gasteiger charge is 2.10. The summed E-state index contributed by atoms with van der Waals surface area (Å²) in [6, 6.07) is 0. The smallest absolute Gasteiger partial charge is 0.0461 e. The highest BCUT2D eigenvalue weighted by Crippen LogP contribution is 2.19. The third-order valence-electron chi connectivity index (χ3n) is 3.03. The Morgan fingerprint density at radius 3 is 1.86 bits per heavy atom. The van der Waals surface area contributed by atoms with Gasteiger partial charge in [-0.25, -0.2) is 0 Å². The molecule has 0 saturated heterocycles. The maximum absolute atomic E-state index is 9.14. The van der Waals surface area contributed by atoms with E-state index in [1.165, 1.54) is 32.1 Å². The standard InChI is InChI=1S/C13H28O/c1-11(2)8-6-5-7-9-13(10-14)12(3)4/h11-14H,5-10H2,1-4H3/t13-/m1/s1. The van der Waals surface area contributed by atoms with E-state index in [0.717, 1.165) is 5.92 Å². The summed E-state index contributed by atoms with van der Waals surface area (Å²) in [4.78, 5) is 0. The normalized spacial score (nSPS) is 13.9. The highest BCUT2D eigenvalue weighted by molar-refractivity contribution is 4.61. The zero-order valence-corrected chi connectivity index (χ0v) is 10.4. The fourth-order valence-electron chi connectivity index (χ4n) is 1.77. The molecule has 0 fully saturated rings. The molecule has 0 amide bonds. The third kappa shape index (κ3) is 7.37. The molecule has 0 spiro atoms. The van der Waals surface area contributed by atoms with E-state index in [9.17, 15) is 0 Å². The lowest BCUT2D eigenvalue weighted by atomic mass is 9.91. The summed E-state index contributed by atoms with van der Waals surface area (Å²) in [5, 5.41) is 9.14. The van der Waals surface area contributed by atoms with Crippen molar-refractivity contribution in [1.82, 2.24) is 0 Å². The van der Waals surface area contributed by atoms with Crippen LogP contribution >= 0.6 is 0 Å². The summed E-state index contributed by atoms with van der Waals surface area (Å²) in [6.07, 6.45) is 6.53.